The third kappa shape index (κ3) is 9.21. The van der Waals surface area contributed by atoms with Gasteiger partial charge in [0.25, 0.3) is 10.0 Å². The van der Waals surface area contributed by atoms with E-state index in [9.17, 15) is 18.0 Å². The van der Waals surface area contributed by atoms with E-state index < -0.39 is 28.5 Å². The first-order chi connectivity index (χ1) is 23.1. The summed E-state index contributed by atoms with van der Waals surface area (Å²) in [5.74, 6) is -0.284. The minimum absolute atomic E-state index is 0.0625. The number of ether oxygens (including phenoxy) is 2. The number of anilines is 1. The first kappa shape index (κ1) is 36.6. The second-order valence-electron chi connectivity index (χ2n) is 11.0. The van der Waals surface area contributed by atoms with Crippen LogP contribution in [-0.4, -0.2) is 58.5 Å². The fourth-order valence-corrected chi connectivity index (χ4v) is 7.01. The van der Waals surface area contributed by atoms with Crippen molar-refractivity contribution in [1.29, 1.82) is 0 Å². The average Bonchev–Trinajstić information content (AvgIpc) is 3.09. The molecule has 0 heterocycles. The Morgan fingerprint density at radius 2 is 1.56 bits per heavy atom. The van der Waals surface area contributed by atoms with Gasteiger partial charge >= 0.3 is 0 Å². The lowest BCUT2D eigenvalue weighted by Gasteiger charge is -2.34. The highest BCUT2D eigenvalue weighted by atomic mass is 35.5. The molecule has 9 nitrogen and oxygen atoms in total. The van der Waals surface area contributed by atoms with Gasteiger partial charge in [-0.3, -0.25) is 13.9 Å². The van der Waals surface area contributed by atoms with E-state index >= 15 is 0 Å². The number of methoxy groups -OCH3 is 2. The molecule has 0 saturated carbocycles. The maximum Gasteiger partial charge on any atom is 0.264 e. The Kier molecular flexibility index (Phi) is 13.1. The topological polar surface area (TPSA) is 105 Å². The molecule has 1 atom stereocenters. The Bertz CT molecular complexity index is 1790. The molecule has 4 aromatic carbocycles. The summed E-state index contributed by atoms with van der Waals surface area (Å²) in [6.45, 7) is 1.70. The van der Waals surface area contributed by atoms with Crippen LogP contribution in [-0.2, 0) is 32.6 Å². The molecule has 0 unspecified atom stereocenters. The molecule has 4 rings (SSSR count). The number of amides is 2. The predicted molar refractivity (Wildman–Crippen MR) is 189 cm³/mol. The molecule has 0 fully saturated rings. The number of carbonyl (C=O) groups excluding carboxylic acids is 2. The van der Waals surface area contributed by atoms with Crippen LogP contribution in [0, 0.1) is 0 Å². The molecular formula is C36H39Cl2N3O6S. The van der Waals surface area contributed by atoms with Crippen LogP contribution in [0.4, 0.5) is 5.69 Å². The van der Waals surface area contributed by atoms with Crippen molar-refractivity contribution in [3.8, 4) is 11.5 Å². The Labute approximate surface area is 292 Å². The Morgan fingerprint density at radius 3 is 2.21 bits per heavy atom. The van der Waals surface area contributed by atoms with Gasteiger partial charge in [0, 0.05) is 29.6 Å². The number of unbranched alkanes of at least 4 members (excludes halogenated alkanes) is 1. The maximum atomic E-state index is 14.7. The molecule has 48 heavy (non-hydrogen) atoms. The van der Waals surface area contributed by atoms with Crippen molar-refractivity contribution in [3.63, 3.8) is 0 Å². The molecule has 2 amide bonds. The highest BCUT2D eigenvalue weighted by Gasteiger charge is 2.35. The molecule has 0 aliphatic carbocycles. The lowest BCUT2D eigenvalue weighted by Crippen LogP contribution is -2.53. The van der Waals surface area contributed by atoms with Gasteiger partial charge in [0.2, 0.25) is 11.8 Å². The third-order valence-electron chi connectivity index (χ3n) is 7.74. The number of para-hydroxylation sites is 2. The van der Waals surface area contributed by atoms with Gasteiger partial charge in [0.05, 0.1) is 24.8 Å². The molecule has 0 aromatic heterocycles. The van der Waals surface area contributed by atoms with E-state index in [4.69, 9.17) is 32.7 Å². The normalized spacial score (nSPS) is 11.8. The van der Waals surface area contributed by atoms with Crippen molar-refractivity contribution in [2.24, 2.45) is 0 Å². The number of hydrogen-bond acceptors (Lipinski definition) is 6. The Morgan fingerprint density at radius 1 is 0.875 bits per heavy atom. The zero-order valence-electron chi connectivity index (χ0n) is 27.1. The van der Waals surface area contributed by atoms with E-state index in [2.05, 4.69) is 5.32 Å². The summed E-state index contributed by atoms with van der Waals surface area (Å²) in [5, 5.41) is 3.68. The number of nitrogens with zero attached hydrogens (tertiary/aromatic N) is 2. The van der Waals surface area contributed by atoms with Gasteiger partial charge in [-0.25, -0.2) is 8.42 Å². The highest BCUT2D eigenvalue weighted by molar-refractivity contribution is 7.92. The minimum atomic E-state index is -4.34. The number of carbonyl (C=O) groups is 2. The number of nitrogens with one attached hydrogen (secondary N) is 1. The molecule has 254 valence electrons. The third-order valence-corrected chi connectivity index (χ3v) is 10.1. The largest absolute Gasteiger partial charge is 0.497 e. The van der Waals surface area contributed by atoms with Crippen LogP contribution >= 0.6 is 23.2 Å². The molecule has 4 aromatic rings. The molecule has 0 aliphatic rings. The number of hydrogen-bond donors (Lipinski definition) is 1. The van der Waals surface area contributed by atoms with Gasteiger partial charge < -0.3 is 19.7 Å². The van der Waals surface area contributed by atoms with Crippen molar-refractivity contribution < 1.29 is 27.5 Å². The van der Waals surface area contributed by atoms with Crippen molar-refractivity contribution in [2.45, 2.75) is 43.7 Å². The van der Waals surface area contributed by atoms with E-state index in [1.807, 2.05) is 37.3 Å². The number of sulfonamides is 1. The van der Waals surface area contributed by atoms with Crippen molar-refractivity contribution in [1.82, 2.24) is 10.2 Å². The molecule has 0 aliphatic heterocycles. The summed E-state index contributed by atoms with van der Waals surface area (Å²) < 4.78 is 40.4. The van der Waals surface area contributed by atoms with Crippen LogP contribution in [0.25, 0.3) is 0 Å². The van der Waals surface area contributed by atoms with Crippen LogP contribution in [0.2, 0.25) is 10.0 Å². The van der Waals surface area contributed by atoms with E-state index in [0.717, 1.165) is 22.7 Å². The second-order valence-corrected chi connectivity index (χ2v) is 13.7. The summed E-state index contributed by atoms with van der Waals surface area (Å²) in [7, 11) is -1.44. The molecule has 12 heteroatoms. The van der Waals surface area contributed by atoms with Crippen LogP contribution in [0.5, 0.6) is 11.5 Å². The smallest absolute Gasteiger partial charge is 0.264 e. The fraction of sp³-hybridized carbons (Fsp3) is 0.278. The van der Waals surface area contributed by atoms with Crippen molar-refractivity contribution in [2.75, 3.05) is 31.6 Å². The summed E-state index contributed by atoms with van der Waals surface area (Å²) in [6, 6.07) is 25.6. The lowest BCUT2D eigenvalue weighted by atomic mass is 10.0. The van der Waals surface area contributed by atoms with E-state index in [0.29, 0.717) is 27.9 Å². The lowest BCUT2D eigenvalue weighted by molar-refractivity contribution is -0.140. The predicted octanol–water partition coefficient (Wildman–Crippen LogP) is 6.76. The number of halogens is 2. The maximum absolute atomic E-state index is 14.7. The molecule has 1 N–H and O–H groups in total. The number of rotatable bonds is 16. The minimum Gasteiger partial charge on any atom is -0.497 e. The zero-order valence-corrected chi connectivity index (χ0v) is 29.4. The van der Waals surface area contributed by atoms with Gasteiger partial charge in [0.15, 0.2) is 0 Å². The Balaban J connectivity index is 1.84. The van der Waals surface area contributed by atoms with Gasteiger partial charge in [0.1, 0.15) is 24.1 Å². The van der Waals surface area contributed by atoms with Crippen molar-refractivity contribution in [3.05, 3.63) is 118 Å². The zero-order chi connectivity index (χ0) is 34.7. The quantitative estimate of drug-likeness (QED) is 0.129. The molecule has 0 bridgehead atoms. The standard InChI is InChI=1S/C36H39Cl2N3O6S/c1-4-5-21-39-36(43)33(22-26-11-7-6-8-12-26)40(24-27-15-16-28(37)23-31(27)38)35(42)25-41(32-13-9-10-14-34(32)47-3)48(44,45)30-19-17-29(46-2)18-20-30/h6-20,23,33H,4-5,21-22,24-25H2,1-3H3,(H,39,43)/t33-/m1/s1. The van der Waals surface area contributed by atoms with E-state index in [-0.39, 0.29) is 35.2 Å². The van der Waals surface area contributed by atoms with Crippen molar-refractivity contribution >= 4 is 50.7 Å². The van der Waals surface area contributed by atoms with Crippen LogP contribution in [0.1, 0.15) is 30.9 Å². The van der Waals surface area contributed by atoms with Crippen LogP contribution in [0.3, 0.4) is 0 Å². The first-order valence-electron chi connectivity index (χ1n) is 15.4. The summed E-state index contributed by atoms with van der Waals surface area (Å²) >= 11 is 12.8. The molecule has 0 saturated heterocycles. The van der Waals surface area contributed by atoms with E-state index in [1.165, 1.54) is 43.4 Å². The first-order valence-corrected chi connectivity index (χ1v) is 17.6. The monoisotopic (exact) mass is 711 g/mol. The van der Waals surface area contributed by atoms with Gasteiger partial charge in [-0.15, -0.1) is 0 Å². The summed E-state index contributed by atoms with van der Waals surface area (Å²) in [6.07, 6.45) is 1.79. The van der Waals surface area contributed by atoms with Gasteiger partial charge in [-0.2, -0.15) is 0 Å². The number of benzene rings is 4. The van der Waals surface area contributed by atoms with E-state index in [1.54, 1.807) is 42.5 Å². The second kappa shape index (κ2) is 17.2. The summed E-state index contributed by atoms with van der Waals surface area (Å²) in [4.78, 5) is 29.9. The van der Waals surface area contributed by atoms with Gasteiger partial charge in [-0.1, -0.05) is 85.1 Å². The van der Waals surface area contributed by atoms with Crippen LogP contribution in [0.15, 0.2) is 102 Å². The average molecular weight is 713 g/mol. The molecular weight excluding hydrogens is 673 g/mol. The highest BCUT2D eigenvalue weighted by Crippen LogP contribution is 2.33. The van der Waals surface area contributed by atoms with Gasteiger partial charge in [-0.05, 0) is 66.1 Å². The summed E-state index contributed by atoms with van der Waals surface area (Å²) in [5.41, 5.74) is 1.51. The Hall–Kier alpha value is -4.25. The fourth-order valence-electron chi connectivity index (χ4n) is 5.12. The SMILES string of the molecule is CCCCNC(=O)[C@@H](Cc1ccccc1)N(Cc1ccc(Cl)cc1Cl)C(=O)CN(c1ccccc1OC)S(=O)(=O)c1ccc(OC)cc1. The molecule has 0 spiro atoms. The molecule has 0 radical (unpaired) electrons. The van der Waals surface area contributed by atoms with Crippen LogP contribution < -0.4 is 19.1 Å².